The molecule has 2 heteroatoms. The highest BCUT2D eigenvalue weighted by atomic mass is 16.5. The molecule has 0 spiro atoms. The normalized spacial score (nSPS) is 16.9. The molecule has 0 fully saturated rings. The second kappa shape index (κ2) is 9.65. The Morgan fingerprint density at radius 1 is 0.969 bits per heavy atom. The van der Waals surface area contributed by atoms with Crippen LogP contribution in [0, 0.1) is 5.92 Å². The van der Waals surface area contributed by atoms with Crippen LogP contribution in [0.2, 0.25) is 0 Å². The fraction of sp³-hybridized carbons (Fsp3) is 0.500. The van der Waals surface area contributed by atoms with Gasteiger partial charge in [0.05, 0.1) is 12.2 Å². The summed E-state index contributed by atoms with van der Waals surface area (Å²) in [4.78, 5) is 11.9. The highest BCUT2D eigenvalue weighted by Gasteiger charge is 2.37. The molecular formula is C30H40O2. The van der Waals surface area contributed by atoms with Crippen molar-refractivity contribution in [2.45, 2.75) is 85.0 Å². The van der Waals surface area contributed by atoms with Gasteiger partial charge in [-0.05, 0) is 89.3 Å². The van der Waals surface area contributed by atoms with Crippen molar-refractivity contribution in [1.82, 2.24) is 0 Å². The minimum atomic E-state index is -0.265. The van der Waals surface area contributed by atoms with Crippen molar-refractivity contribution < 1.29 is 9.53 Å². The number of carbonyl (C=O) groups is 1. The van der Waals surface area contributed by atoms with Crippen molar-refractivity contribution in [3.8, 4) is 0 Å². The first kappa shape index (κ1) is 24.3. The largest absolute Gasteiger partial charge is 0.462 e. The molecule has 172 valence electrons. The van der Waals surface area contributed by atoms with E-state index in [-0.39, 0.29) is 16.8 Å². The molecule has 0 aliphatic heterocycles. The minimum absolute atomic E-state index is 0.200. The smallest absolute Gasteiger partial charge is 0.338 e. The summed E-state index contributed by atoms with van der Waals surface area (Å²) in [5.74, 6) is 0.418. The van der Waals surface area contributed by atoms with Crippen molar-refractivity contribution in [3.63, 3.8) is 0 Å². The number of carbonyl (C=O) groups excluding carboxylic acids is 1. The van der Waals surface area contributed by atoms with Gasteiger partial charge in [-0.25, -0.2) is 4.79 Å². The van der Waals surface area contributed by atoms with Gasteiger partial charge in [-0.2, -0.15) is 0 Å². The molecule has 32 heavy (non-hydrogen) atoms. The maximum atomic E-state index is 11.9. The molecule has 0 saturated heterocycles. The lowest BCUT2D eigenvalue weighted by Gasteiger charge is -2.42. The predicted octanol–water partition coefficient (Wildman–Crippen LogP) is 7.97. The van der Waals surface area contributed by atoms with Crippen LogP contribution in [0.4, 0.5) is 0 Å². The third-order valence-corrected chi connectivity index (χ3v) is 6.98. The number of aryl methyl sites for hydroxylation is 1. The first-order chi connectivity index (χ1) is 15.0. The van der Waals surface area contributed by atoms with Crippen molar-refractivity contribution in [3.05, 3.63) is 69.8 Å². The quantitative estimate of drug-likeness (QED) is 0.327. The van der Waals surface area contributed by atoms with Crippen LogP contribution >= 0.6 is 0 Å². The van der Waals surface area contributed by atoms with E-state index >= 15 is 0 Å². The number of benzene rings is 2. The molecule has 2 aromatic carbocycles. The molecule has 0 saturated carbocycles. The lowest BCUT2D eigenvalue weighted by atomic mass is 9.62. The van der Waals surface area contributed by atoms with Crippen LogP contribution in [0.3, 0.4) is 0 Å². The summed E-state index contributed by atoms with van der Waals surface area (Å²) in [5, 5.41) is 0. The summed E-state index contributed by atoms with van der Waals surface area (Å²) < 4.78 is 5.09. The van der Waals surface area contributed by atoms with Crippen molar-refractivity contribution >= 4 is 18.1 Å². The Kier molecular flexibility index (Phi) is 7.32. The Bertz CT molecular complexity index is 975. The van der Waals surface area contributed by atoms with Crippen LogP contribution < -0.4 is 0 Å². The summed E-state index contributed by atoms with van der Waals surface area (Å²) >= 11 is 0. The van der Waals surface area contributed by atoms with E-state index in [0.29, 0.717) is 18.1 Å². The van der Waals surface area contributed by atoms with Crippen molar-refractivity contribution in [2.75, 3.05) is 6.61 Å². The SMILES string of the molecule is CCOC(=O)c1ccc(C=Cc2cc3c(cc2CCC(C)C)C(C)(C)CCC3(C)C)cc1. The zero-order chi connectivity index (χ0) is 23.5. The average Bonchev–Trinajstić information content (AvgIpc) is 2.74. The monoisotopic (exact) mass is 432 g/mol. The molecule has 0 amide bonds. The zero-order valence-corrected chi connectivity index (χ0v) is 21.0. The Balaban J connectivity index is 1.98. The van der Waals surface area contributed by atoms with Crippen LogP contribution in [-0.2, 0) is 22.0 Å². The maximum Gasteiger partial charge on any atom is 0.338 e. The molecule has 1 aliphatic carbocycles. The van der Waals surface area contributed by atoms with Crippen LogP contribution in [0.1, 0.15) is 106 Å². The van der Waals surface area contributed by atoms with Crippen LogP contribution in [0.25, 0.3) is 12.2 Å². The van der Waals surface area contributed by atoms with E-state index in [0.717, 1.165) is 12.0 Å². The molecule has 1 aliphatic rings. The third kappa shape index (κ3) is 5.52. The van der Waals surface area contributed by atoms with Crippen molar-refractivity contribution in [2.24, 2.45) is 5.92 Å². The molecule has 0 bridgehead atoms. The van der Waals surface area contributed by atoms with Gasteiger partial charge in [0.2, 0.25) is 0 Å². The number of hydrogen-bond acceptors (Lipinski definition) is 2. The third-order valence-electron chi connectivity index (χ3n) is 6.98. The van der Waals surface area contributed by atoms with Crippen LogP contribution in [-0.4, -0.2) is 12.6 Å². The number of esters is 1. The fourth-order valence-electron chi connectivity index (χ4n) is 4.62. The average molecular weight is 433 g/mol. The van der Waals surface area contributed by atoms with Gasteiger partial charge in [-0.3, -0.25) is 0 Å². The molecule has 2 aromatic rings. The van der Waals surface area contributed by atoms with E-state index in [9.17, 15) is 4.79 Å². The number of rotatable bonds is 7. The van der Waals surface area contributed by atoms with E-state index in [4.69, 9.17) is 4.74 Å². The highest BCUT2D eigenvalue weighted by molar-refractivity contribution is 5.89. The first-order valence-electron chi connectivity index (χ1n) is 12.2. The van der Waals surface area contributed by atoms with Crippen LogP contribution in [0.5, 0.6) is 0 Å². The zero-order valence-electron chi connectivity index (χ0n) is 21.0. The molecule has 0 heterocycles. The van der Waals surface area contributed by atoms with E-state index < -0.39 is 0 Å². The van der Waals surface area contributed by atoms with Crippen molar-refractivity contribution in [1.29, 1.82) is 0 Å². The Labute approximate surface area is 195 Å². The highest BCUT2D eigenvalue weighted by Crippen LogP contribution is 2.47. The summed E-state index contributed by atoms with van der Waals surface area (Å²) in [6, 6.07) is 12.6. The van der Waals surface area contributed by atoms with Gasteiger partial charge in [0.15, 0.2) is 0 Å². The Hall–Kier alpha value is -2.35. The van der Waals surface area contributed by atoms with Gasteiger partial charge < -0.3 is 4.74 Å². The standard InChI is InChI=1S/C30H40O2/c1-8-32-28(31)23-14-10-22(11-15-23)12-16-25-20-27-26(19-24(25)13-9-21(2)3)29(4,5)17-18-30(27,6)7/h10-12,14-16,19-21H,8-9,13,17-18H2,1-7H3. The van der Waals surface area contributed by atoms with Gasteiger partial charge >= 0.3 is 5.97 Å². The van der Waals surface area contributed by atoms with Gasteiger partial charge in [0.1, 0.15) is 0 Å². The number of fused-ring (bicyclic) bond motifs is 1. The first-order valence-corrected chi connectivity index (χ1v) is 12.2. The number of ether oxygens (including phenoxy) is 1. The second-order valence-electron chi connectivity index (χ2n) is 11.0. The van der Waals surface area contributed by atoms with E-state index in [1.54, 1.807) is 0 Å². The molecular weight excluding hydrogens is 392 g/mol. The minimum Gasteiger partial charge on any atom is -0.462 e. The summed E-state index contributed by atoms with van der Waals surface area (Å²) in [6.45, 7) is 16.4. The summed E-state index contributed by atoms with van der Waals surface area (Å²) in [7, 11) is 0. The predicted molar refractivity (Wildman–Crippen MR) is 136 cm³/mol. The number of hydrogen-bond donors (Lipinski definition) is 0. The molecule has 0 N–H and O–H groups in total. The molecule has 0 aromatic heterocycles. The summed E-state index contributed by atoms with van der Waals surface area (Å²) in [6.07, 6.45) is 9.17. The second-order valence-corrected chi connectivity index (χ2v) is 11.0. The van der Waals surface area contributed by atoms with Gasteiger partial charge in [0.25, 0.3) is 0 Å². The molecule has 0 unspecified atom stereocenters. The van der Waals surface area contributed by atoms with E-state index in [2.05, 4.69) is 65.8 Å². The van der Waals surface area contributed by atoms with E-state index in [1.165, 1.54) is 41.5 Å². The molecule has 0 atom stereocenters. The van der Waals surface area contributed by atoms with Gasteiger partial charge in [0, 0.05) is 0 Å². The fourth-order valence-corrected chi connectivity index (χ4v) is 4.62. The molecule has 0 radical (unpaired) electrons. The molecule has 3 rings (SSSR count). The lowest BCUT2D eigenvalue weighted by Crippen LogP contribution is -2.34. The Morgan fingerprint density at radius 3 is 2.12 bits per heavy atom. The lowest BCUT2D eigenvalue weighted by molar-refractivity contribution is 0.0526. The van der Waals surface area contributed by atoms with Crippen LogP contribution in [0.15, 0.2) is 36.4 Å². The van der Waals surface area contributed by atoms with E-state index in [1.807, 2.05) is 31.2 Å². The summed E-state index contributed by atoms with van der Waals surface area (Å²) in [5.41, 5.74) is 7.91. The Morgan fingerprint density at radius 2 is 1.56 bits per heavy atom. The maximum absolute atomic E-state index is 11.9. The van der Waals surface area contributed by atoms with Gasteiger partial charge in [-0.15, -0.1) is 0 Å². The topological polar surface area (TPSA) is 26.3 Å². The molecule has 2 nitrogen and oxygen atoms in total. The van der Waals surface area contributed by atoms with Gasteiger partial charge in [-0.1, -0.05) is 78.0 Å².